The molecule has 0 rings (SSSR count). The SMILES string of the molecule is CCC(C)C(OO)C(=O)O. The summed E-state index contributed by atoms with van der Waals surface area (Å²) in [6, 6.07) is 0. The molecule has 0 spiro atoms. The van der Waals surface area contributed by atoms with Gasteiger partial charge in [-0.3, -0.25) is 5.26 Å². The molecule has 0 saturated carbocycles. The predicted octanol–water partition coefficient (Wildman–Crippen LogP) is 0.975. The van der Waals surface area contributed by atoms with Crippen LogP contribution in [0.2, 0.25) is 0 Å². The van der Waals surface area contributed by atoms with Gasteiger partial charge in [-0.05, 0) is 5.92 Å². The minimum absolute atomic E-state index is 0.164. The van der Waals surface area contributed by atoms with Crippen molar-refractivity contribution in [3.63, 3.8) is 0 Å². The van der Waals surface area contributed by atoms with Crippen LogP contribution in [0, 0.1) is 5.92 Å². The topological polar surface area (TPSA) is 66.8 Å². The summed E-state index contributed by atoms with van der Waals surface area (Å²) in [4.78, 5) is 14.0. The Morgan fingerprint density at radius 1 is 1.70 bits per heavy atom. The molecule has 0 aliphatic carbocycles. The number of hydrogen-bond acceptors (Lipinski definition) is 3. The van der Waals surface area contributed by atoms with Gasteiger partial charge in [0, 0.05) is 0 Å². The average Bonchev–Trinajstić information content (AvgIpc) is 1.88. The molecule has 0 aromatic heterocycles. The summed E-state index contributed by atoms with van der Waals surface area (Å²) in [5.41, 5.74) is 0. The second-order valence-electron chi connectivity index (χ2n) is 2.25. The van der Waals surface area contributed by atoms with Crippen LogP contribution >= 0.6 is 0 Å². The van der Waals surface area contributed by atoms with E-state index in [4.69, 9.17) is 10.4 Å². The zero-order chi connectivity index (χ0) is 8.15. The van der Waals surface area contributed by atoms with E-state index in [1.165, 1.54) is 0 Å². The third kappa shape index (κ3) is 2.33. The number of carboxylic acid groups (broad SMARTS) is 1. The first-order chi connectivity index (χ1) is 4.63. The van der Waals surface area contributed by atoms with Gasteiger partial charge in [0.1, 0.15) is 0 Å². The number of carboxylic acids is 1. The summed E-state index contributed by atoms with van der Waals surface area (Å²) >= 11 is 0. The van der Waals surface area contributed by atoms with Crippen LogP contribution in [-0.4, -0.2) is 22.4 Å². The van der Waals surface area contributed by atoms with E-state index >= 15 is 0 Å². The van der Waals surface area contributed by atoms with Crippen LogP contribution in [0.1, 0.15) is 20.3 Å². The van der Waals surface area contributed by atoms with Crippen molar-refractivity contribution in [3.8, 4) is 0 Å². The molecule has 0 bridgehead atoms. The number of hydrogen-bond donors (Lipinski definition) is 2. The van der Waals surface area contributed by atoms with E-state index < -0.39 is 12.1 Å². The minimum atomic E-state index is -1.13. The Morgan fingerprint density at radius 2 is 2.20 bits per heavy atom. The van der Waals surface area contributed by atoms with E-state index in [9.17, 15) is 4.79 Å². The summed E-state index contributed by atoms with van der Waals surface area (Å²) in [5.74, 6) is -1.29. The van der Waals surface area contributed by atoms with Gasteiger partial charge < -0.3 is 5.11 Å². The van der Waals surface area contributed by atoms with Gasteiger partial charge in [-0.15, -0.1) is 0 Å². The van der Waals surface area contributed by atoms with Crippen molar-refractivity contribution < 1.29 is 20.0 Å². The fraction of sp³-hybridized carbons (Fsp3) is 0.833. The zero-order valence-corrected chi connectivity index (χ0v) is 6.07. The minimum Gasteiger partial charge on any atom is -0.479 e. The Kier molecular flexibility index (Phi) is 3.99. The molecular weight excluding hydrogens is 136 g/mol. The highest BCUT2D eigenvalue weighted by Crippen LogP contribution is 2.09. The first-order valence-electron chi connectivity index (χ1n) is 3.16. The molecule has 2 unspecified atom stereocenters. The number of rotatable bonds is 4. The quantitative estimate of drug-likeness (QED) is 0.460. The predicted molar refractivity (Wildman–Crippen MR) is 34.6 cm³/mol. The van der Waals surface area contributed by atoms with Crippen molar-refractivity contribution in [2.75, 3.05) is 0 Å². The van der Waals surface area contributed by atoms with E-state index in [0.717, 1.165) is 0 Å². The average molecular weight is 148 g/mol. The van der Waals surface area contributed by atoms with Gasteiger partial charge >= 0.3 is 5.97 Å². The highest BCUT2D eigenvalue weighted by molar-refractivity contribution is 5.72. The fourth-order valence-electron chi connectivity index (χ4n) is 0.606. The summed E-state index contributed by atoms with van der Waals surface area (Å²) in [7, 11) is 0. The lowest BCUT2D eigenvalue weighted by atomic mass is 10.0. The molecule has 0 amide bonds. The van der Waals surface area contributed by atoms with E-state index in [1.54, 1.807) is 6.92 Å². The zero-order valence-electron chi connectivity index (χ0n) is 6.07. The normalized spacial score (nSPS) is 16.3. The molecule has 60 valence electrons. The molecule has 0 aromatic rings. The molecule has 10 heavy (non-hydrogen) atoms. The molecule has 0 aliphatic rings. The highest BCUT2D eigenvalue weighted by atomic mass is 17.1. The van der Waals surface area contributed by atoms with Crippen LogP contribution in [0.3, 0.4) is 0 Å². The van der Waals surface area contributed by atoms with E-state index in [2.05, 4.69) is 4.89 Å². The van der Waals surface area contributed by atoms with Gasteiger partial charge in [-0.25, -0.2) is 9.68 Å². The molecule has 0 fully saturated rings. The molecule has 0 radical (unpaired) electrons. The van der Waals surface area contributed by atoms with Crippen molar-refractivity contribution in [2.24, 2.45) is 5.92 Å². The van der Waals surface area contributed by atoms with Gasteiger partial charge in [0.15, 0.2) is 6.10 Å². The first kappa shape index (κ1) is 9.39. The van der Waals surface area contributed by atoms with Crippen LogP contribution in [0.25, 0.3) is 0 Å². The smallest absolute Gasteiger partial charge is 0.336 e. The maximum atomic E-state index is 10.2. The molecule has 4 nitrogen and oxygen atoms in total. The number of carbonyl (C=O) groups is 1. The summed E-state index contributed by atoms with van der Waals surface area (Å²) < 4.78 is 0. The maximum Gasteiger partial charge on any atom is 0.336 e. The van der Waals surface area contributed by atoms with Gasteiger partial charge in [0.05, 0.1) is 0 Å². The molecule has 0 aliphatic heterocycles. The first-order valence-corrected chi connectivity index (χ1v) is 3.16. The third-order valence-electron chi connectivity index (χ3n) is 1.52. The summed E-state index contributed by atoms with van der Waals surface area (Å²) in [6.07, 6.45) is -0.428. The Balaban J connectivity index is 3.92. The number of aliphatic carboxylic acids is 1. The summed E-state index contributed by atoms with van der Waals surface area (Å²) in [6.45, 7) is 3.54. The lowest BCUT2D eigenvalue weighted by Gasteiger charge is -2.13. The lowest BCUT2D eigenvalue weighted by Crippen LogP contribution is -2.29. The third-order valence-corrected chi connectivity index (χ3v) is 1.52. The monoisotopic (exact) mass is 148 g/mol. The maximum absolute atomic E-state index is 10.2. The van der Waals surface area contributed by atoms with Gasteiger partial charge in [-0.1, -0.05) is 20.3 Å². The van der Waals surface area contributed by atoms with E-state index in [-0.39, 0.29) is 5.92 Å². The largest absolute Gasteiger partial charge is 0.479 e. The standard InChI is InChI=1S/C6H12O4/c1-3-4(2)5(10-9)6(7)8/h4-5,9H,3H2,1-2H3,(H,7,8). The summed E-state index contributed by atoms with van der Waals surface area (Å²) in [5, 5.41) is 16.5. The molecular formula is C6H12O4. The van der Waals surface area contributed by atoms with E-state index in [1.807, 2.05) is 6.92 Å². The molecule has 4 heteroatoms. The van der Waals surface area contributed by atoms with E-state index in [0.29, 0.717) is 6.42 Å². The van der Waals surface area contributed by atoms with Crippen LogP contribution < -0.4 is 0 Å². The van der Waals surface area contributed by atoms with Crippen LogP contribution in [0.5, 0.6) is 0 Å². The van der Waals surface area contributed by atoms with Gasteiger partial charge in [0.2, 0.25) is 0 Å². The van der Waals surface area contributed by atoms with Crippen LogP contribution in [-0.2, 0) is 9.68 Å². The Hall–Kier alpha value is -0.610. The Bertz CT molecular complexity index is 112. The van der Waals surface area contributed by atoms with Gasteiger partial charge in [0.25, 0.3) is 0 Å². The van der Waals surface area contributed by atoms with Crippen molar-refractivity contribution in [2.45, 2.75) is 26.4 Å². The van der Waals surface area contributed by atoms with Crippen LogP contribution in [0.15, 0.2) is 0 Å². The fourth-order valence-corrected chi connectivity index (χ4v) is 0.606. The Labute approximate surface area is 59.4 Å². The molecule has 2 atom stereocenters. The molecule has 0 heterocycles. The molecule has 0 saturated heterocycles. The van der Waals surface area contributed by atoms with Gasteiger partial charge in [-0.2, -0.15) is 0 Å². The molecule has 0 aromatic carbocycles. The molecule has 2 N–H and O–H groups in total. The van der Waals surface area contributed by atoms with Crippen LogP contribution in [0.4, 0.5) is 0 Å². The van der Waals surface area contributed by atoms with Crippen molar-refractivity contribution in [1.82, 2.24) is 0 Å². The van der Waals surface area contributed by atoms with Crippen molar-refractivity contribution >= 4 is 5.97 Å². The second kappa shape index (κ2) is 4.24. The Morgan fingerprint density at radius 3 is 2.30 bits per heavy atom. The van der Waals surface area contributed by atoms with Crippen molar-refractivity contribution in [1.29, 1.82) is 0 Å². The lowest BCUT2D eigenvalue weighted by molar-refractivity contribution is -0.286. The highest BCUT2D eigenvalue weighted by Gasteiger charge is 2.23. The second-order valence-corrected chi connectivity index (χ2v) is 2.25. The van der Waals surface area contributed by atoms with Crippen molar-refractivity contribution in [3.05, 3.63) is 0 Å².